The molecule has 1 aromatic heterocycles. The first-order chi connectivity index (χ1) is 12.3. The molecule has 0 saturated heterocycles. The Bertz CT molecular complexity index is 791. The van der Waals surface area contributed by atoms with Gasteiger partial charge in [0.1, 0.15) is 5.82 Å². The van der Waals surface area contributed by atoms with Gasteiger partial charge in [-0.3, -0.25) is 4.98 Å². The van der Waals surface area contributed by atoms with E-state index in [9.17, 15) is 0 Å². The van der Waals surface area contributed by atoms with Crippen LogP contribution < -0.4 is 4.90 Å². The van der Waals surface area contributed by atoms with Crippen molar-refractivity contribution in [2.24, 2.45) is 0 Å². The zero-order chi connectivity index (χ0) is 17.5. The summed E-state index contributed by atoms with van der Waals surface area (Å²) in [5.41, 5.74) is 3.89. The topological polar surface area (TPSA) is 49.2 Å². The second-order valence-corrected chi connectivity index (χ2v) is 6.01. The zero-order valence-corrected chi connectivity index (χ0v) is 14.5. The van der Waals surface area contributed by atoms with Gasteiger partial charge in [-0.2, -0.15) is 0 Å². The van der Waals surface area contributed by atoms with Gasteiger partial charge in [0.2, 0.25) is 0 Å². The highest BCUT2D eigenvalue weighted by Crippen LogP contribution is 2.30. The van der Waals surface area contributed by atoms with Crippen molar-refractivity contribution < 1.29 is 5.11 Å². The molecular formula is C21H23N3O. The Kier molecular flexibility index (Phi) is 5.75. The number of unbranched alkanes of at least 4 members (excludes halogenated alkanes) is 1. The molecule has 0 aliphatic carbocycles. The molecule has 0 bridgehead atoms. The maximum atomic E-state index is 8.96. The minimum Gasteiger partial charge on any atom is -0.396 e. The number of aromatic nitrogens is 2. The van der Waals surface area contributed by atoms with Crippen molar-refractivity contribution >= 4 is 5.82 Å². The fraction of sp³-hybridized carbons (Fsp3) is 0.238. The van der Waals surface area contributed by atoms with Gasteiger partial charge < -0.3 is 10.0 Å². The van der Waals surface area contributed by atoms with Crippen molar-refractivity contribution in [1.82, 2.24) is 9.97 Å². The average Bonchev–Trinajstić information content (AvgIpc) is 2.69. The van der Waals surface area contributed by atoms with Crippen molar-refractivity contribution in [2.45, 2.75) is 12.8 Å². The molecule has 0 amide bonds. The van der Waals surface area contributed by atoms with Crippen LogP contribution in [-0.4, -0.2) is 35.3 Å². The van der Waals surface area contributed by atoms with Crippen molar-refractivity contribution in [3.63, 3.8) is 0 Å². The molecule has 0 aliphatic heterocycles. The number of anilines is 1. The molecular weight excluding hydrogens is 310 g/mol. The summed E-state index contributed by atoms with van der Waals surface area (Å²) >= 11 is 0. The first-order valence-electron chi connectivity index (χ1n) is 8.59. The second-order valence-electron chi connectivity index (χ2n) is 6.01. The molecule has 0 fully saturated rings. The van der Waals surface area contributed by atoms with E-state index in [1.165, 1.54) is 0 Å². The molecule has 2 aromatic carbocycles. The third-order valence-electron chi connectivity index (χ3n) is 4.15. The Morgan fingerprint density at radius 1 is 0.840 bits per heavy atom. The standard InChI is InChI=1S/C21H23N3O/c1-24(14-8-9-15-25)19-16-22-20(17-10-4-2-5-11-17)21(23-19)18-12-6-3-7-13-18/h2-7,10-13,16,25H,8-9,14-15H2,1H3. The fourth-order valence-electron chi connectivity index (χ4n) is 2.74. The van der Waals surface area contributed by atoms with E-state index < -0.39 is 0 Å². The van der Waals surface area contributed by atoms with Gasteiger partial charge in [0.05, 0.1) is 17.6 Å². The molecule has 0 unspecified atom stereocenters. The molecule has 0 aliphatic rings. The van der Waals surface area contributed by atoms with Crippen molar-refractivity contribution in [3.8, 4) is 22.5 Å². The first kappa shape index (κ1) is 17.1. The van der Waals surface area contributed by atoms with Crippen LogP contribution >= 0.6 is 0 Å². The van der Waals surface area contributed by atoms with Crippen molar-refractivity contribution in [1.29, 1.82) is 0 Å². The van der Waals surface area contributed by atoms with E-state index in [0.717, 1.165) is 47.7 Å². The van der Waals surface area contributed by atoms with Crippen LogP contribution in [0.15, 0.2) is 66.9 Å². The van der Waals surface area contributed by atoms with E-state index >= 15 is 0 Å². The SMILES string of the molecule is CN(CCCCO)c1cnc(-c2ccccc2)c(-c2ccccc2)n1. The molecule has 1 heterocycles. The maximum absolute atomic E-state index is 8.96. The van der Waals surface area contributed by atoms with Crippen LogP contribution in [0.2, 0.25) is 0 Å². The van der Waals surface area contributed by atoms with Crippen LogP contribution in [0.3, 0.4) is 0 Å². The second kappa shape index (κ2) is 8.40. The molecule has 25 heavy (non-hydrogen) atoms. The number of aliphatic hydroxyl groups is 1. The molecule has 3 aromatic rings. The maximum Gasteiger partial charge on any atom is 0.147 e. The zero-order valence-electron chi connectivity index (χ0n) is 14.5. The van der Waals surface area contributed by atoms with Gasteiger partial charge >= 0.3 is 0 Å². The first-order valence-corrected chi connectivity index (χ1v) is 8.59. The molecule has 0 atom stereocenters. The molecule has 1 N–H and O–H groups in total. The Morgan fingerprint density at radius 2 is 1.44 bits per heavy atom. The number of benzene rings is 2. The Balaban J connectivity index is 1.99. The summed E-state index contributed by atoms with van der Waals surface area (Å²) in [6.07, 6.45) is 3.55. The molecule has 4 heteroatoms. The van der Waals surface area contributed by atoms with E-state index in [2.05, 4.69) is 29.2 Å². The van der Waals surface area contributed by atoms with Gasteiger partial charge in [0, 0.05) is 31.3 Å². The number of nitrogens with zero attached hydrogens (tertiary/aromatic N) is 3. The predicted molar refractivity (Wildman–Crippen MR) is 102 cm³/mol. The highest BCUT2D eigenvalue weighted by molar-refractivity contribution is 5.78. The lowest BCUT2D eigenvalue weighted by Gasteiger charge is -2.19. The van der Waals surface area contributed by atoms with Crippen LogP contribution in [0.25, 0.3) is 22.5 Å². The minimum absolute atomic E-state index is 0.224. The van der Waals surface area contributed by atoms with Crippen molar-refractivity contribution in [2.75, 3.05) is 25.1 Å². The molecule has 3 rings (SSSR count). The highest BCUT2D eigenvalue weighted by atomic mass is 16.2. The molecule has 128 valence electrons. The molecule has 0 spiro atoms. The van der Waals surface area contributed by atoms with Gasteiger partial charge in [-0.1, -0.05) is 60.7 Å². The van der Waals surface area contributed by atoms with Crippen LogP contribution in [0, 0.1) is 0 Å². The largest absolute Gasteiger partial charge is 0.396 e. The number of rotatable bonds is 7. The van der Waals surface area contributed by atoms with Crippen molar-refractivity contribution in [3.05, 3.63) is 66.9 Å². The average molecular weight is 333 g/mol. The highest BCUT2D eigenvalue weighted by Gasteiger charge is 2.13. The monoisotopic (exact) mass is 333 g/mol. The summed E-state index contributed by atoms with van der Waals surface area (Å²) < 4.78 is 0. The summed E-state index contributed by atoms with van der Waals surface area (Å²) in [5, 5.41) is 8.96. The molecule has 4 nitrogen and oxygen atoms in total. The van der Waals surface area contributed by atoms with Crippen LogP contribution in [0.4, 0.5) is 5.82 Å². The predicted octanol–water partition coefficient (Wildman–Crippen LogP) is 4.02. The third-order valence-corrected chi connectivity index (χ3v) is 4.15. The number of hydrogen-bond acceptors (Lipinski definition) is 4. The quantitative estimate of drug-likeness (QED) is 0.664. The van der Waals surface area contributed by atoms with Gasteiger partial charge in [-0.05, 0) is 12.8 Å². The van der Waals surface area contributed by atoms with Crippen LogP contribution in [0.5, 0.6) is 0 Å². The van der Waals surface area contributed by atoms with Gasteiger partial charge in [0.25, 0.3) is 0 Å². The van der Waals surface area contributed by atoms with E-state index in [-0.39, 0.29) is 6.61 Å². The molecule has 0 radical (unpaired) electrons. The normalized spacial score (nSPS) is 10.6. The third kappa shape index (κ3) is 4.22. The summed E-state index contributed by atoms with van der Waals surface area (Å²) in [6, 6.07) is 20.3. The van der Waals surface area contributed by atoms with E-state index in [4.69, 9.17) is 15.1 Å². The lowest BCUT2D eigenvalue weighted by atomic mass is 10.0. The minimum atomic E-state index is 0.224. The lowest BCUT2D eigenvalue weighted by molar-refractivity contribution is 0.285. The number of hydrogen-bond donors (Lipinski definition) is 1. The van der Waals surface area contributed by atoms with Crippen LogP contribution in [0.1, 0.15) is 12.8 Å². The van der Waals surface area contributed by atoms with E-state index in [1.54, 1.807) is 0 Å². The van der Waals surface area contributed by atoms with Gasteiger partial charge in [0.15, 0.2) is 0 Å². The Hall–Kier alpha value is -2.72. The summed E-state index contributed by atoms with van der Waals surface area (Å²) in [7, 11) is 2.01. The van der Waals surface area contributed by atoms with Crippen LogP contribution in [-0.2, 0) is 0 Å². The van der Waals surface area contributed by atoms with Gasteiger partial charge in [-0.15, -0.1) is 0 Å². The Labute approximate surface area is 148 Å². The molecule has 0 saturated carbocycles. The van der Waals surface area contributed by atoms with Gasteiger partial charge in [-0.25, -0.2) is 4.98 Å². The summed E-state index contributed by atoms with van der Waals surface area (Å²) in [5.74, 6) is 0.844. The number of aliphatic hydroxyl groups excluding tert-OH is 1. The lowest BCUT2D eigenvalue weighted by Crippen LogP contribution is -2.20. The van der Waals surface area contributed by atoms with E-state index in [1.807, 2.05) is 49.6 Å². The smallest absolute Gasteiger partial charge is 0.147 e. The summed E-state index contributed by atoms with van der Waals surface area (Å²) in [6.45, 7) is 1.07. The summed E-state index contributed by atoms with van der Waals surface area (Å²) in [4.78, 5) is 11.7. The Morgan fingerprint density at radius 3 is 2.04 bits per heavy atom. The van der Waals surface area contributed by atoms with E-state index in [0.29, 0.717) is 0 Å². The fourth-order valence-corrected chi connectivity index (χ4v) is 2.74.